The molecule has 0 saturated carbocycles. The zero-order chi connectivity index (χ0) is 11.2. The van der Waals surface area contributed by atoms with E-state index >= 15 is 0 Å². The topological polar surface area (TPSA) is 71.5 Å². The zero-order valence-electron chi connectivity index (χ0n) is 9.22. The van der Waals surface area contributed by atoms with Crippen molar-refractivity contribution in [2.45, 2.75) is 57.2 Å². The smallest absolute Gasteiger partial charge is 0.162 e. The van der Waals surface area contributed by atoms with Gasteiger partial charge < -0.3 is 15.4 Å². The summed E-state index contributed by atoms with van der Waals surface area (Å²) in [7, 11) is 0. The average Bonchev–Trinajstić information content (AvgIpc) is 1.99. The fraction of sp³-hybridized carbons (Fsp3) is 0.900. The Hall–Kier alpha value is -0.630. The molecule has 0 aromatic carbocycles. The predicted octanol–water partition coefficient (Wildman–Crippen LogP) is -0.0252. The Morgan fingerprint density at radius 3 is 1.86 bits per heavy atom. The van der Waals surface area contributed by atoms with Gasteiger partial charge in [0.2, 0.25) is 0 Å². The predicted molar refractivity (Wildman–Crippen MR) is 52.3 cm³/mol. The second kappa shape index (κ2) is 2.93. The molecule has 1 aliphatic rings. The van der Waals surface area contributed by atoms with Gasteiger partial charge in [-0.25, -0.2) is 0 Å². The van der Waals surface area contributed by atoms with E-state index in [1.807, 2.05) is 6.07 Å². The fourth-order valence-corrected chi connectivity index (χ4v) is 2.68. The van der Waals surface area contributed by atoms with Gasteiger partial charge in [-0.15, -0.1) is 0 Å². The van der Waals surface area contributed by atoms with E-state index in [1.165, 1.54) is 0 Å². The molecule has 0 bridgehead atoms. The van der Waals surface area contributed by atoms with Crippen LogP contribution in [0.2, 0.25) is 0 Å². The summed E-state index contributed by atoms with van der Waals surface area (Å²) in [6.45, 7) is 7.16. The second-order valence-electron chi connectivity index (χ2n) is 5.59. The summed E-state index contributed by atoms with van der Waals surface area (Å²) in [5.74, 6) is 0. The number of nitrogens with zero attached hydrogens (tertiary/aromatic N) is 1. The highest BCUT2D eigenvalue weighted by Crippen LogP contribution is 2.31. The van der Waals surface area contributed by atoms with Gasteiger partial charge in [0.15, 0.2) is 5.60 Å². The molecule has 4 nitrogen and oxygen atoms in total. The average molecular weight is 198 g/mol. The molecule has 14 heavy (non-hydrogen) atoms. The highest BCUT2D eigenvalue weighted by molar-refractivity contribution is 5.08. The number of piperidine rings is 1. The third kappa shape index (κ3) is 1.76. The molecule has 0 aliphatic carbocycles. The van der Waals surface area contributed by atoms with Gasteiger partial charge in [-0.1, -0.05) is 0 Å². The Labute approximate surface area is 84.7 Å². The third-order valence-corrected chi connectivity index (χ3v) is 2.91. The normalized spacial score (nSPS) is 40.2. The van der Waals surface area contributed by atoms with Crippen LogP contribution in [-0.2, 0) is 0 Å². The Bertz CT molecular complexity index is 260. The molecule has 0 unspecified atom stereocenters. The molecule has 1 rings (SSSR count). The quantitative estimate of drug-likeness (QED) is 0.424. The molecule has 0 aromatic rings. The molecule has 1 saturated heterocycles. The van der Waals surface area contributed by atoms with E-state index in [9.17, 15) is 10.3 Å². The maximum Gasteiger partial charge on any atom is 0.162 e. The molecule has 80 valence electrons. The van der Waals surface area contributed by atoms with Crippen LogP contribution in [-0.4, -0.2) is 21.8 Å². The lowest BCUT2D eigenvalue weighted by atomic mass is 9.73. The monoisotopic (exact) mass is 198 g/mol. The molecule has 2 N–H and O–H groups in total. The highest BCUT2D eigenvalue weighted by atomic mass is 16.5. The first kappa shape index (κ1) is 11.4. The van der Waals surface area contributed by atoms with Crippen LogP contribution in [0.15, 0.2) is 0 Å². The maximum absolute atomic E-state index is 12.0. The van der Waals surface area contributed by atoms with Crippen molar-refractivity contribution in [1.29, 1.82) is 5.26 Å². The van der Waals surface area contributed by atoms with Crippen LogP contribution in [0, 0.1) is 16.5 Å². The van der Waals surface area contributed by atoms with Gasteiger partial charge >= 0.3 is 0 Å². The van der Waals surface area contributed by atoms with E-state index < -0.39 is 16.7 Å². The number of hydrogen-bond donors (Lipinski definition) is 2. The largest absolute Gasteiger partial charge is 0.634 e. The van der Waals surface area contributed by atoms with Gasteiger partial charge in [-0.3, -0.25) is 0 Å². The molecule has 0 spiro atoms. The van der Waals surface area contributed by atoms with Crippen molar-refractivity contribution in [2.75, 3.05) is 0 Å². The third-order valence-electron chi connectivity index (χ3n) is 2.91. The van der Waals surface area contributed by atoms with Gasteiger partial charge in [-0.2, -0.15) is 5.26 Å². The Morgan fingerprint density at radius 2 is 1.57 bits per heavy atom. The van der Waals surface area contributed by atoms with Crippen LogP contribution in [0.3, 0.4) is 0 Å². The molecule has 0 amide bonds. The summed E-state index contributed by atoms with van der Waals surface area (Å²) in [5, 5.41) is 30.9. The molecule has 1 fully saturated rings. The molecular formula is C10H18N2O2. The van der Waals surface area contributed by atoms with Gasteiger partial charge in [0.1, 0.15) is 0 Å². The van der Waals surface area contributed by atoms with Crippen LogP contribution in [0.4, 0.5) is 0 Å². The van der Waals surface area contributed by atoms with E-state index in [1.54, 1.807) is 27.7 Å². The summed E-state index contributed by atoms with van der Waals surface area (Å²) in [6.07, 6.45) is 0.470. The van der Waals surface area contributed by atoms with Crippen molar-refractivity contribution in [3.05, 3.63) is 5.21 Å². The van der Waals surface area contributed by atoms with Crippen molar-refractivity contribution >= 4 is 0 Å². The lowest BCUT2D eigenvalue weighted by Gasteiger charge is -2.55. The van der Waals surface area contributed by atoms with Gasteiger partial charge in [-0.05, 0) is 27.7 Å². The number of nitrogens with one attached hydrogen (secondary N) is 1. The number of rotatable bonds is 0. The van der Waals surface area contributed by atoms with Crippen molar-refractivity contribution in [1.82, 2.24) is 0 Å². The summed E-state index contributed by atoms with van der Waals surface area (Å²) >= 11 is 0. The van der Waals surface area contributed by atoms with Gasteiger partial charge in [0, 0.05) is 12.8 Å². The van der Waals surface area contributed by atoms with Crippen molar-refractivity contribution in [3.8, 4) is 6.07 Å². The minimum atomic E-state index is -1.35. The van der Waals surface area contributed by atoms with E-state index in [0.717, 1.165) is 0 Å². The number of nitriles is 1. The maximum atomic E-state index is 12.0. The fourth-order valence-electron chi connectivity index (χ4n) is 2.68. The van der Waals surface area contributed by atoms with Crippen LogP contribution in [0.1, 0.15) is 40.5 Å². The zero-order valence-corrected chi connectivity index (χ0v) is 9.22. The van der Waals surface area contributed by atoms with Crippen molar-refractivity contribution in [2.24, 2.45) is 0 Å². The minimum Gasteiger partial charge on any atom is -0.634 e. The SMILES string of the molecule is CC1(C)CC(O)(C#N)CC(C)(C)[NH+]1[O-]. The molecule has 1 heterocycles. The summed E-state index contributed by atoms with van der Waals surface area (Å²) in [4.78, 5) is 0. The molecular weight excluding hydrogens is 180 g/mol. The highest BCUT2D eigenvalue weighted by Gasteiger charge is 2.52. The van der Waals surface area contributed by atoms with Crippen LogP contribution < -0.4 is 5.06 Å². The number of hydroxylamine groups is 2. The molecule has 0 aromatic heterocycles. The van der Waals surface area contributed by atoms with Crippen molar-refractivity contribution < 1.29 is 10.2 Å². The van der Waals surface area contributed by atoms with E-state index in [2.05, 4.69) is 0 Å². The molecule has 0 radical (unpaired) electrons. The summed E-state index contributed by atoms with van der Waals surface area (Å²) < 4.78 is 0. The summed E-state index contributed by atoms with van der Waals surface area (Å²) in [6, 6.07) is 1.92. The lowest BCUT2D eigenvalue weighted by Crippen LogP contribution is -3.23. The van der Waals surface area contributed by atoms with Crippen LogP contribution in [0.5, 0.6) is 0 Å². The van der Waals surface area contributed by atoms with Crippen molar-refractivity contribution in [3.63, 3.8) is 0 Å². The standard InChI is InChI=1S/C10H18N2O2/c1-8(2)5-10(13,7-11)6-9(3,4)12(8)14/h12-13H,5-6H2,1-4H3. The molecule has 1 aliphatic heterocycles. The van der Waals surface area contributed by atoms with Crippen LogP contribution in [0.25, 0.3) is 0 Å². The summed E-state index contributed by atoms with van der Waals surface area (Å²) in [5.41, 5.74) is -2.56. The Kier molecular flexibility index (Phi) is 2.39. The lowest BCUT2D eigenvalue weighted by molar-refractivity contribution is -0.957. The first-order chi connectivity index (χ1) is 6.13. The van der Waals surface area contributed by atoms with Gasteiger partial charge in [0.25, 0.3) is 0 Å². The number of hydrogen-bond acceptors (Lipinski definition) is 3. The first-order valence-corrected chi connectivity index (χ1v) is 4.82. The van der Waals surface area contributed by atoms with E-state index in [0.29, 0.717) is 0 Å². The number of quaternary nitrogens is 1. The van der Waals surface area contributed by atoms with E-state index in [4.69, 9.17) is 5.26 Å². The minimum absolute atomic E-state index is 0.130. The Morgan fingerprint density at radius 1 is 1.21 bits per heavy atom. The van der Waals surface area contributed by atoms with Gasteiger partial charge in [0.05, 0.1) is 17.1 Å². The first-order valence-electron chi connectivity index (χ1n) is 4.82. The Balaban J connectivity index is 3.05. The van der Waals surface area contributed by atoms with E-state index in [-0.39, 0.29) is 17.9 Å². The molecule has 4 heteroatoms. The number of aliphatic hydroxyl groups is 1. The van der Waals surface area contributed by atoms with Crippen LogP contribution >= 0.6 is 0 Å². The second-order valence-corrected chi connectivity index (χ2v) is 5.59. The molecule has 0 atom stereocenters.